The van der Waals surface area contributed by atoms with Crippen LogP contribution in [0.1, 0.15) is 26.3 Å². The Morgan fingerprint density at radius 3 is 2.53 bits per heavy atom. The van der Waals surface area contributed by atoms with Crippen LogP contribution in [-0.2, 0) is 6.42 Å². The standard InChI is InChI=1S/C12H17ClN2O2/c1-12(2,3)14-7-6-9-4-5-10(15(16)17)8-11(9)13/h4-5,8,14H,6-7H2,1-3H3. The molecule has 0 aliphatic carbocycles. The minimum atomic E-state index is -0.441. The van der Waals surface area contributed by atoms with Crippen LogP contribution in [0.3, 0.4) is 0 Å². The number of nitro benzene ring substituents is 1. The first-order chi connectivity index (χ1) is 7.79. The number of hydrogen-bond donors (Lipinski definition) is 1. The van der Waals surface area contributed by atoms with Crippen molar-refractivity contribution in [3.05, 3.63) is 38.9 Å². The van der Waals surface area contributed by atoms with Crippen LogP contribution >= 0.6 is 11.6 Å². The number of hydrogen-bond acceptors (Lipinski definition) is 3. The maximum absolute atomic E-state index is 10.5. The Morgan fingerprint density at radius 2 is 2.06 bits per heavy atom. The second-order valence-electron chi connectivity index (χ2n) is 4.96. The Hall–Kier alpha value is -1.13. The molecule has 0 amide bonds. The molecule has 0 spiro atoms. The summed E-state index contributed by atoms with van der Waals surface area (Å²) in [5, 5.41) is 14.3. The highest BCUT2D eigenvalue weighted by molar-refractivity contribution is 6.31. The van der Waals surface area contributed by atoms with Gasteiger partial charge < -0.3 is 5.32 Å². The van der Waals surface area contributed by atoms with E-state index in [9.17, 15) is 10.1 Å². The lowest BCUT2D eigenvalue weighted by atomic mass is 10.1. The highest BCUT2D eigenvalue weighted by Gasteiger charge is 2.11. The molecule has 0 fully saturated rings. The predicted octanol–water partition coefficient (Wildman–Crippen LogP) is 3.18. The molecule has 94 valence electrons. The van der Waals surface area contributed by atoms with Gasteiger partial charge in [0.1, 0.15) is 0 Å². The van der Waals surface area contributed by atoms with Crippen LogP contribution < -0.4 is 5.32 Å². The van der Waals surface area contributed by atoms with Crippen LogP contribution in [0.25, 0.3) is 0 Å². The van der Waals surface area contributed by atoms with Crippen molar-refractivity contribution in [2.45, 2.75) is 32.7 Å². The number of nitro groups is 1. The first-order valence-electron chi connectivity index (χ1n) is 5.47. The second-order valence-corrected chi connectivity index (χ2v) is 5.37. The van der Waals surface area contributed by atoms with Crippen LogP contribution in [0.15, 0.2) is 18.2 Å². The molecule has 17 heavy (non-hydrogen) atoms. The van der Waals surface area contributed by atoms with E-state index < -0.39 is 4.92 Å². The summed E-state index contributed by atoms with van der Waals surface area (Å²) < 4.78 is 0. The second kappa shape index (κ2) is 5.47. The fraction of sp³-hybridized carbons (Fsp3) is 0.500. The van der Waals surface area contributed by atoms with Gasteiger partial charge in [0.05, 0.1) is 9.95 Å². The maximum Gasteiger partial charge on any atom is 0.270 e. The van der Waals surface area contributed by atoms with E-state index in [1.807, 2.05) is 0 Å². The Kier molecular flexibility index (Phi) is 4.48. The normalized spacial score (nSPS) is 11.5. The van der Waals surface area contributed by atoms with Gasteiger partial charge in [-0.2, -0.15) is 0 Å². The van der Waals surface area contributed by atoms with Crippen molar-refractivity contribution in [1.29, 1.82) is 0 Å². The third-order valence-electron chi connectivity index (χ3n) is 2.30. The van der Waals surface area contributed by atoms with Gasteiger partial charge in [-0.15, -0.1) is 0 Å². The number of benzene rings is 1. The molecule has 0 atom stereocenters. The van der Waals surface area contributed by atoms with E-state index in [4.69, 9.17) is 11.6 Å². The molecule has 1 aromatic carbocycles. The lowest BCUT2D eigenvalue weighted by molar-refractivity contribution is -0.384. The molecule has 4 nitrogen and oxygen atoms in total. The highest BCUT2D eigenvalue weighted by Crippen LogP contribution is 2.22. The van der Waals surface area contributed by atoms with Crippen molar-refractivity contribution in [3.63, 3.8) is 0 Å². The average molecular weight is 257 g/mol. The van der Waals surface area contributed by atoms with Gasteiger partial charge in [0, 0.05) is 17.7 Å². The van der Waals surface area contributed by atoms with Crippen LogP contribution in [0.5, 0.6) is 0 Å². The lowest BCUT2D eigenvalue weighted by Crippen LogP contribution is -2.37. The number of nitrogens with one attached hydrogen (secondary N) is 1. The third-order valence-corrected chi connectivity index (χ3v) is 2.65. The largest absolute Gasteiger partial charge is 0.312 e. The van der Waals surface area contributed by atoms with Gasteiger partial charge in [-0.1, -0.05) is 17.7 Å². The van der Waals surface area contributed by atoms with Gasteiger partial charge in [-0.3, -0.25) is 10.1 Å². The van der Waals surface area contributed by atoms with Crippen molar-refractivity contribution in [2.24, 2.45) is 0 Å². The molecule has 5 heteroatoms. The summed E-state index contributed by atoms with van der Waals surface area (Å²) in [5.74, 6) is 0. The van der Waals surface area contributed by atoms with E-state index in [-0.39, 0.29) is 11.2 Å². The fourth-order valence-electron chi connectivity index (χ4n) is 1.42. The molecule has 0 aliphatic rings. The van der Waals surface area contributed by atoms with Crippen molar-refractivity contribution >= 4 is 17.3 Å². The zero-order chi connectivity index (χ0) is 13.1. The van der Waals surface area contributed by atoms with Crippen molar-refractivity contribution in [3.8, 4) is 0 Å². The molecule has 1 aromatic rings. The molecule has 1 N–H and O–H groups in total. The smallest absolute Gasteiger partial charge is 0.270 e. The highest BCUT2D eigenvalue weighted by atomic mass is 35.5. The molecule has 0 saturated heterocycles. The topological polar surface area (TPSA) is 55.2 Å². The molecule has 0 bridgehead atoms. The summed E-state index contributed by atoms with van der Waals surface area (Å²) in [6, 6.07) is 4.59. The summed E-state index contributed by atoms with van der Waals surface area (Å²) in [6.45, 7) is 7.06. The molecular weight excluding hydrogens is 240 g/mol. The third kappa shape index (κ3) is 4.71. The first kappa shape index (κ1) is 13.9. The monoisotopic (exact) mass is 256 g/mol. The maximum atomic E-state index is 10.5. The van der Waals surface area contributed by atoms with Gasteiger partial charge in [0.15, 0.2) is 0 Å². The summed E-state index contributed by atoms with van der Waals surface area (Å²) in [6.07, 6.45) is 0.758. The number of non-ortho nitro benzene ring substituents is 1. The molecule has 0 aliphatic heterocycles. The Balaban J connectivity index is 2.64. The fourth-order valence-corrected chi connectivity index (χ4v) is 1.69. The van der Waals surface area contributed by atoms with E-state index in [0.717, 1.165) is 18.5 Å². The minimum Gasteiger partial charge on any atom is -0.312 e. The Bertz CT molecular complexity index is 413. The predicted molar refractivity (Wildman–Crippen MR) is 69.6 cm³/mol. The number of rotatable bonds is 4. The Labute approximate surface area is 106 Å². The van der Waals surface area contributed by atoms with Crippen molar-refractivity contribution < 1.29 is 4.92 Å². The van der Waals surface area contributed by atoms with Crippen molar-refractivity contribution in [1.82, 2.24) is 5.32 Å². The molecule has 1 rings (SSSR count). The Morgan fingerprint density at radius 1 is 1.41 bits per heavy atom. The number of nitrogens with zero attached hydrogens (tertiary/aromatic N) is 1. The van der Waals surface area contributed by atoms with Gasteiger partial charge in [0.25, 0.3) is 5.69 Å². The average Bonchev–Trinajstić information content (AvgIpc) is 2.18. The van der Waals surface area contributed by atoms with E-state index in [2.05, 4.69) is 26.1 Å². The molecule has 0 heterocycles. The van der Waals surface area contributed by atoms with Crippen LogP contribution in [0.4, 0.5) is 5.69 Å². The van der Waals surface area contributed by atoms with Crippen LogP contribution in [0.2, 0.25) is 5.02 Å². The zero-order valence-electron chi connectivity index (χ0n) is 10.3. The van der Waals surface area contributed by atoms with Gasteiger partial charge >= 0.3 is 0 Å². The van der Waals surface area contributed by atoms with Gasteiger partial charge in [-0.05, 0) is 39.3 Å². The quantitative estimate of drug-likeness (QED) is 0.665. The van der Waals surface area contributed by atoms with Gasteiger partial charge in [0.2, 0.25) is 0 Å². The van der Waals surface area contributed by atoms with Crippen LogP contribution in [-0.4, -0.2) is 17.0 Å². The summed E-state index contributed by atoms with van der Waals surface area (Å²) in [5.41, 5.74) is 1.02. The minimum absolute atomic E-state index is 0.0301. The van der Waals surface area contributed by atoms with Crippen LogP contribution in [0, 0.1) is 10.1 Å². The number of halogens is 1. The lowest BCUT2D eigenvalue weighted by Gasteiger charge is -2.20. The molecule has 0 unspecified atom stereocenters. The zero-order valence-corrected chi connectivity index (χ0v) is 11.0. The van der Waals surface area contributed by atoms with Crippen molar-refractivity contribution in [2.75, 3.05) is 6.54 Å². The van der Waals surface area contributed by atoms with E-state index >= 15 is 0 Å². The van der Waals surface area contributed by atoms with E-state index in [0.29, 0.717) is 5.02 Å². The molecule has 0 aromatic heterocycles. The van der Waals surface area contributed by atoms with E-state index in [1.165, 1.54) is 12.1 Å². The molecular formula is C12H17ClN2O2. The van der Waals surface area contributed by atoms with E-state index in [1.54, 1.807) is 6.07 Å². The summed E-state index contributed by atoms with van der Waals surface area (Å²) in [7, 11) is 0. The first-order valence-corrected chi connectivity index (χ1v) is 5.85. The summed E-state index contributed by atoms with van der Waals surface area (Å²) in [4.78, 5) is 10.1. The SMILES string of the molecule is CC(C)(C)NCCc1ccc([N+](=O)[O-])cc1Cl. The molecule has 0 radical (unpaired) electrons. The summed E-state index contributed by atoms with van der Waals surface area (Å²) >= 11 is 5.99. The molecule has 0 saturated carbocycles. The van der Waals surface area contributed by atoms with Gasteiger partial charge in [-0.25, -0.2) is 0 Å².